The Hall–Kier alpha value is -0.437. The van der Waals surface area contributed by atoms with Gasteiger partial charge in [-0.05, 0) is 0 Å². The van der Waals surface area contributed by atoms with E-state index in [2.05, 4.69) is 41.5 Å². The van der Waals surface area contributed by atoms with Crippen LogP contribution in [-0.2, 0) is 0 Å². The van der Waals surface area contributed by atoms with Crippen LogP contribution in [0.2, 0.25) is 27.3 Å². The Morgan fingerprint density at radius 1 is 0.789 bits per heavy atom. The fourth-order valence-corrected chi connectivity index (χ4v) is 5.29. The fraction of sp³-hybridized carbons (Fsp3) is 0.250. The molecule has 0 heterocycles. The van der Waals surface area contributed by atoms with Gasteiger partial charge in [0.25, 0.3) is 0 Å². The number of hydrogen-bond acceptors (Lipinski definition) is 0. The molecular formula is C16H18Cl2Ge. The third kappa shape index (κ3) is 3.36. The van der Waals surface area contributed by atoms with E-state index >= 15 is 0 Å². The predicted octanol–water partition coefficient (Wildman–Crippen LogP) is 5.51. The predicted molar refractivity (Wildman–Crippen MR) is 89.6 cm³/mol. The van der Waals surface area contributed by atoms with Crippen molar-refractivity contribution in [2.24, 2.45) is 0 Å². The fourth-order valence-electron chi connectivity index (χ4n) is 2.04. The van der Waals surface area contributed by atoms with Crippen molar-refractivity contribution >= 4 is 40.9 Å². The molecule has 2 rings (SSSR count). The second-order valence-electron chi connectivity index (χ2n) is 5.93. The number of rotatable bonds is 2. The molecule has 0 aliphatic rings. The molecule has 100 valence electrons. The minimum atomic E-state index is -1.83. The summed E-state index contributed by atoms with van der Waals surface area (Å²) >= 11 is 10.9. The van der Waals surface area contributed by atoms with E-state index in [9.17, 15) is 0 Å². The first-order chi connectivity index (χ1) is 8.79. The third-order valence-corrected chi connectivity index (χ3v) is 8.16. The van der Waals surface area contributed by atoms with Crippen LogP contribution in [0, 0.1) is 6.92 Å². The molecule has 0 saturated heterocycles. The topological polar surface area (TPSA) is 0 Å². The standard InChI is InChI=1S/C16H18Cl2Ge/c1-11-5-7-13(15(17)9-11)14-8-6-12(10-16(14)18)19(2,3)4/h5-10H,1-4H3. The van der Waals surface area contributed by atoms with E-state index in [1.807, 2.05) is 19.1 Å². The van der Waals surface area contributed by atoms with Gasteiger partial charge in [0, 0.05) is 0 Å². The summed E-state index contributed by atoms with van der Waals surface area (Å²) in [5.74, 6) is 7.10. The van der Waals surface area contributed by atoms with Crippen LogP contribution < -0.4 is 4.40 Å². The van der Waals surface area contributed by atoms with Crippen molar-refractivity contribution in [1.82, 2.24) is 0 Å². The van der Waals surface area contributed by atoms with Gasteiger partial charge in [-0.25, -0.2) is 0 Å². The Bertz CT molecular complexity index is 613. The molecule has 0 aliphatic heterocycles. The molecular weight excluding hydrogens is 336 g/mol. The molecule has 3 heteroatoms. The van der Waals surface area contributed by atoms with Gasteiger partial charge in [-0.2, -0.15) is 0 Å². The minimum absolute atomic E-state index is 0.756. The van der Waals surface area contributed by atoms with E-state index in [1.165, 1.54) is 4.40 Å². The molecule has 0 fully saturated rings. The van der Waals surface area contributed by atoms with E-state index in [1.54, 1.807) is 0 Å². The van der Waals surface area contributed by atoms with Gasteiger partial charge >= 0.3 is 128 Å². The monoisotopic (exact) mass is 354 g/mol. The van der Waals surface area contributed by atoms with Gasteiger partial charge < -0.3 is 0 Å². The summed E-state index contributed by atoms with van der Waals surface area (Å²) in [6.07, 6.45) is 0. The zero-order valence-electron chi connectivity index (χ0n) is 11.7. The van der Waals surface area contributed by atoms with E-state index in [-0.39, 0.29) is 0 Å². The van der Waals surface area contributed by atoms with Gasteiger partial charge in [0.15, 0.2) is 0 Å². The third-order valence-electron chi connectivity index (χ3n) is 3.25. The summed E-state index contributed by atoms with van der Waals surface area (Å²) in [5.41, 5.74) is 3.18. The van der Waals surface area contributed by atoms with E-state index in [0.29, 0.717) is 0 Å². The summed E-state index contributed by atoms with van der Waals surface area (Å²) in [5, 5.41) is 1.55. The van der Waals surface area contributed by atoms with Crippen molar-refractivity contribution in [3.8, 4) is 11.1 Å². The van der Waals surface area contributed by atoms with Gasteiger partial charge in [-0.15, -0.1) is 0 Å². The zero-order chi connectivity index (χ0) is 14.2. The van der Waals surface area contributed by atoms with Crippen molar-refractivity contribution in [1.29, 1.82) is 0 Å². The Kier molecular flexibility index (Phi) is 4.34. The van der Waals surface area contributed by atoms with Gasteiger partial charge in [0.05, 0.1) is 0 Å². The normalized spacial score (nSPS) is 11.7. The average molecular weight is 354 g/mol. The summed E-state index contributed by atoms with van der Waals surface area (Å²) < 4.78 is 1.41. The van der Waals surface area contributed by atoms with Gasteiger partial charge in [-0.1, -0.05) is 0 Å². The second-order valence-corrected chi connectivity index (χ2v) is 17.4. The van der Waals surface area contributed by atoms with Crippen LogP contribution in [0.4, 0.5) is 0 Å². The van der Waals surface area contributed by atoms with Crippen molar-refractivity contribution < 1.29 is 0 Å². The summed E-state index contributed by atoms with van der Waals surface area (Å²) in [6, 6.07) is 12.5. The molecule has 0 bridgehead atoms. The SMILES string of the molecule is Cc1ccc(-c2cc[c]([Ge]([CH3])([CH3])[CH3])cc2Cl)c(Cl)c1. The molecule has 0 N–H and O–H groups in total. The van der Waals surface area contributed by atoms with E-state index < -0.39 is 13.3 Å². The van der Waals surface area contributed by atoms with Crippen LogP contribution in [0.3, 0.4) is 0 Å². The van der Waals surface area contributed by atoms with Crippen molar-refractivity contribution in [3.63, 3.8) is 0 Å². The van der Waals surface area contributed by atoms with Crippen LogP contribution in [0.25, 0.3) is 11.1 Å². The molecule has 19 heavy (non-hydrogen) atoms. The molecule has 0 spiro atoms. The average Bonchev–Trinajstić information content (AvgIpc) is 2.28. The summed E-state index contributed by atoms with van der Waals surface area (Å²) in [4.78, 5) is 0. The van der Waals surface area contributed by atoms with Crippen molar-refractivity contribution in [2.45, 2.75) is 24.2 Å². The molecule has 2 aromatic rings. The molecule has 2 aromatic carbocycles. The quantitative estimate of drug-likeness (QED) is 0.624. The first-order valence-corrected chi connectivity index (χ1v) is 14.5. The van der Waals surface area contributed by atoms with E-state index in [4.69, 9.17) is 23.2 Å². The molecule has 0 nitrogen and oxygen atoms in total. The van der Waals surface area contributed by atoms with Gasteiger partial charge in [0.2, 0.25) is 0 Å². The van der Waals surface area contributed by atoms with Crippen LogP contribution in [0.15, 0.2) is 36.4 Å². The summed E-state index contributed by atoms with van der Waals surface area (Å²) in [7, 11) is 0. The second kappa shape index (κ2) is 5.51. The molecule has 0 unspecified atom stereocenters. The number of hydrogen-bond donors (Lipinski definition) is 0. The van der Waals surface area contributed by atoms with Crippen molar-refractivity contribution in [2.75, 3.05) is 0 Å². The molecule has 0 atom stereocenters. The molecule has 0 saturated carbocycles. The summed E-state index contributed by atoms with van der Waals surface area (Å²) in [6.45, 7) is 2.04. The Morgan fingerprint density at radius 3 is 1.79 bits per heavy atom. The van der Waals surface area contributed by atoms with Crippen LogP contribution in [0.1, 0.15) is 5.56 Å². The number of halogens is 2. The Labute approximate surface area is 128 Å². The molecule has 0 amide bonds. The van der Waals surface area contributed by atoms with Gasteiger partial charge in [0.1, 0.15) is 0 Å². The maximum atomic E-state index is 6.45. The Balaban J connectivity index is 2.52. The first-order valence-electron chi connectivity index (χ1n) is 6.35. The Morgan fingerprint density at radius 2 is 1.32 bits per heavy atom. The zero-order valence-corrected chi connectivity index (χ0v) is 15.3. The molecule has 0 aromatic heterocycles. The number of benzene rings is 2. The van der Waals surface area contributed by atoms with E-state index in [0.717, 1.165) is 26.7 Å². The first kappa shape index (κ1) is 15.0. The maximum absolute atomic E-state index is 6.45. The van der Waals surface area contributed by atoms with Crippen LogP contribution in [-0.4, -0.2) is 13.3 Å². The van der Waals surface area contributed by atoms with Gasteiger partial charge in [-0.3, -0.25) is 0 Å². The van der Waals surface area contributed by atoms with Crippen molar-refractivity contribution in [3.05, 3.63) is 52.0 Å². The van der Waals surface area contributed by atoms with Crippen LogP contribution in [0.5, 0.6) is 0 Å². The molecule has 0 aliphatic carbocycles. The van der Waals surface area contributed by atoms with Crippen LogP contribution >= 0.6 is 23.2 Å². The molecule has 0 radical (unpaired) electrons. The number of aryl methyl sites for hydroxylation is 1.